The molecule has 0 bridgehead atoms. The van der Waals surface area contributed by atoms with E-state index in [1.165, 1.54) is 28.6 Å². The third-order valence-corrected chi connectivity index (χ3v) is 8.60. The molecule has 4 aromatic heterocycles. The number of hydrogen-bond acceptors (Lipinski definition) is 10. The van der Waals surface area contributed by atoms with Gasteiger partial charge in [-0.25, -0.2) is 4.98 Å². The smallest absolute Gasteiger partial charge is 0.277 e. The molecule has 32 heavy (non-hydrogen) atoms. The monoisotopic (exact) mass is 487 g/mol. The highest BCUT2D eigenvalue weighted by Gasteiger charge is 2.30. The van der Waals surface area contributed by atoms with Crippen LogP contribution >= 0.6 is 34.4 Å². The molecule has 5 rings (SSSR count). The summed E-state index contributed by atoms with van der Waals surface area (Å²) in [6.45, 7) is 8.99. The first-order valence-electron chi connectivity index (χ1n) is 10.6. The molecule has 10 heteroatoms. The lowest BCUT2D eigenvalue weighted by Crippen LogP contribution is -2.26. The van der Waals surface area contributed by atoms with Crippen LogP contribution in [-0.2, 0) is 25.0 Å². The van der Waals surface area contributed by atoms with Crippen LogP contribution in [0.3, 0.4) is 0 Å². The highest BCUT2D eigenvalue weighted by atomic mass is 32.2. The molecule has 0 unspecified atom stereocenters. The number of aryl methyl sites for hydroxylation is 2. The van der Waals surface area contributed by atoms with Gasteiger partial charge in [0.25, 0.3) is 11.1 Å². The Morgan fingerprint density at radius 2 is 1.97 bits per heavy atom. The van der Waals surface area contributed by atoms with Crippen molar-refractivity contribution in [3.63, 3.8) is 0 Å². The van der Waals surface area contributed by atoms with Gasteiger partial charge in [-0.15, -0.1) is 43.1 Å². The van der Waals surface area contributed by atoms with E-state index >= 15 is 0 Å². The lowest BCUT2D eigenvalue weighted by molar-refractivity contribution is 0.217. The first kappa shape index (κ1) is 21.8. The average Bonchev–Trinajstić information content (AvgIpc) is 3.52. The molecule has 0 aromatic carbocycles. The number of aromatic nitrogens is 5. The van der Waals surface area contributed by atoms with Crippen molar-refractivity contribution in [1.82, 2.24) is 25.4 Å². The minimum atomic E-state index is 0.336. The third-order valence-electron chi connectivity index (χ3n) is 5.75. The van der Waals surface area contributed by atoms with Crippen LogP contribution in [0, 0.1) is 18.3 Å². The summed E-state index contributed by atoms with van der Waals surface area (Å²) >= 11 is 4.80. The maximum absolute atomic E-state index is 5.94. The molecule has 4 aromatic rings. The van der Waals surface area contributed by atoms with Gasteiger partial charge in [0, 0.05) is 10.3 Å². The molecule has 0 N–H and O–H groups in total. The van der Waals surface area contributed by atoms with Crippen LogP contribution in [0.15, 0.2) is 25.5 Å². The summed E-state index contributed by atoms with van der Waals surface area (Å²) in [5, 5.41) is 20.2. The number of hydrogen-bond donors (Lipinski definition) is 0. The quantitative estimate of drug-likeness (QED) is 0.307. The topological polar surface area (TPSA) is 90.7 Å². The van der Waals surface area contributed by atoms with E-state index in [2.05, 4.69) is 52.2 Å². The molecule has 0 fully saturated rings. The van der Waals surface area contributed by atoms with Crippen LogP contribution in [0.25, 0.3) is 10.8 Å². The number of thiazole rings is 1. The Balaban J connectivity index is 1.21. The van der Waals surface area contributed by atoms with Gasteiger partial charge in [0.2, 0.25) is 11.8 Å². The Morgan fingerprint density at radius 3 is 2.75 bits per heavy atom. The molecular formula is C22H25N5O2S3. The fraction of sp³-hybridized carbons (Fsp3) is 0.500. The summed E-state index contributed by atoms with van der Waals surface area (Å²) in [6, 6.07) is 2.24. The zero-order valence-electron chi connectivity index (χ0n) is 18.5. The van der Waals surface area contributed by atoms with Crippen LogP contribution in [0.5, 0.6) is 0 Å². The van der Waals surface area contributed by atoms with Crippen molar-refractivity contribution in [3.8, 4) is 10.8 Å². The van der Waals surface area contributed by atoms with E-state index in [0.29, 0.717) is 46.4 Å². The minimum Gasteiger partial charge on any atom is -0.419 e. The number of rotatable bonds is 6. The highest BCUT2D eigenvalue weighted by Crippen LogP contribution is 2.42. The van der Waals surface area contributed by atoms with Gasteiger partial charge in [0.05, 0.1) is 27.8 Å². The van der Waals surface area contributed by atoms with Gasteiger partial charge in [-0.1, -0.05) is 32.5 Å². The molecule has 1 aliphatic carbocycles. The first-order chi connectivity index (χ1) is 15.3. The predicted octanol–water partition coefficient (Wildman–Crippen LogP) is 5.98. The van der Waals surface area contributed by atoms with Gasteiger partial charge < -0.3 is 8.83 Å². The van der Waals surface area contributed by atoms with Crippen LogP contribution in [0.4, 0.5) is 0 Å². The zero-order chi connectivity index (χ0) is 22.3. The second-order valence-electron chi connectivity index (χ2n) is 9.15. The van der Waals surface area contributed by atoms with Crippen LogP contribution in [0.2, 0.25) is 0 Å². The number of thioether (sulfide) groups is 1. The van der Waals surface area contributed by atoms with Crippen molar-refractivity contribution in [2.45, 2.75) is 64.4 Å². The first-order valence-corrected chi connectivity index (χ1v) is 13.3. The second kappa shape index (κ2) is 8.72. The minimum absolute atomic E-state index is 0.336. The molecule has 0 saturated carbocycles. The summed E-state index contributed by atoms with van der Waals surface area (Å²) in [5.74, 6) is 2.91. The third kappa shape index (κ3) is 4.82. The SMILES string of the molecule is Cc1nc(Cc2nnc(SCc3nnc(-c4cc5c(s4)CC[C@@H](C(C)(C)C)C5)o3)o2)cs1. The Labute approximate surface area is 199 Å². The normalized spacial score (nSPS) is 16.4. The predicted molar refractivity (Wildman–Crippen MR) is 126 cm³/mol. The van der Waals surface area contributed by atoms with Crippen molar-refractivity contribution in [3.05, 3.63) is 44.4 Å². The summed E-state index contributed by atoms with van der Waals surface area (Å²) in [6.07, 6.45) is 4.06. The van der Waals surface area contributed by atoms with E-state index in [4.69, 9.17) is 8.83 Å². The highest BCUT2D eigenvalue weighted by molar-refractivity contribution is 7.98. The van der Waals surface area contributed by atoms with E-state index in [0.717, 1.165) is 28.4 Å². The fourth-order valence-corrected chi connectivity index (χ4v) is 6.28. The molecular weight excluding hydrogens is 462 g/mol. The average molecular weight is 488 g/mol. The number of fused-ring (bicyclic) bond motifs is 1. The molecule has 7 nitrogen and oxygen atoms in total. The van der Waals surface area contributed by atoms with Crippen molar-refractivity contribution in [1.29, 1.82) is 0 Å². The van der Waals surface area contributed by atoms with Gasteiger partial charge in [0.15, 0.2) is 0 Å². The van der Waals surface area contributed by atoms with E-state index < -0.39 is 0 Å². The van der Waals surface area contributed by atoms with Crippen LogP contribution < -0.4 is 0 Å². The molecule has 4 heterocycles. The molecule has 0 amide bonds. The van der Waals surface area contributed by atoms with Gasteiger partial charge in [-0.2, -0.15) is 0 Å². The van der Waals surface area contributed by atoms with E-state index in [-0.39, 0.29) is 0 Å². The van der Waals surface area contributed by atoms with Crippen molar-refractivity contribution < 1.29 is 8.83 Å². The van der Waals surface area contributed by atoms with E-state index in [9.17, 15) is 0 Å². The largest absolute Gasteiger partial charge is 0.419 e. The summed E-state index contributed by atoms with van der Waals surface area (Å²) in [5.41, 5.74) is 2.73. The summed E-state index contributed by atoms with van der Waals surface area (Å²) in [7, 11) is 0. The van der Waals surface area contributed by atoms with Gasteiger partial charge >= 0.3 is 0 Å². The maximum Gasteiger partial charge on any atom is 0.277 e. The second-order valence-corrected chi connectivity index (χ2v) is 12.3. The van der Waals surface area contributed by atoms with Gasteiger partial charge in [-0.05, 0) is 49.1 Å². The van der Waals surface area contributed by atoms with Crippen LogP contribution in [0.1, 0.15) is 60.1 Å². The van der Waals surface area contributed by atoms with Crippen molar-refractivity contribution in [2.24, 2.45) is 11.3 Å². The molecule has 0 saturated heterocycles. The molecule has 1 atom stereocenters. The zero-order valence-corrected chi connectivity index (χ0v) is 21.0. The van der Waals surface area contributed by atoms with Gasteiger partial charge in [0.1, 0.15) is 0 Å². The number of thiophene rings is 1. The molecule has 0 spiro atoms. The van der Waals surface area contributed by atoms with Crippen LogP contribution in [-0.4, -0.2) is 25.4 Å². The lowest BCUT2D eigenvalue weighted by Gasteiger charge is -2.33. The molecule has 0 radical (unpaired) electrons. The van der Waals surface area contributed by atoms with Crippen molar-refractivity contribution in [2.75, 3.05) is 0 Å². The summed E-state index contributed by atoms with van der Waals surface area (Å²) in [4.78, 5) is 6.96. The molecule has 0 aliphatic heterocycles. The molecule has 1 aliphatic rings. The Bertz CT molecular complexity index is 1220. The maximum atomic E-state index is 5.94. The van der Waals surface area contributed by atoms with E-state index in [1.807, 2.05) is 12.3 Å². The Kier molecular flexibility index (Phi) is 5.94. The number of nitrogens with zero attached hydrogens (tertiary/aromatic N) is 5. The standard InChI is InChI=1S/C22H25N5O2S3/c1-12-23-15(10-30-12)9-18-24-27-21(29-18)31-11-19-25-26-20(28-19)17-8-13-7-14(22(2,3)4)5-6-16(13)32-17/h8,10,14H,5-7,9,11H2,1-4H3/t14-/m1/s1. The summed E-state index contributed by atoms with van der Waals surface area (Å²) < 4.78 is 11.7. The van der Waals surface area contributed by atoms with Crippen molar-refractivity contribution >= 4 is 34.4 Å². The van der Waals surface area contributed by atoms with E-state index in [1.54, 1.807) is 22.7 Å². The van der Waals surface area contributed by atoms with Gasteiger partial charge in [-0.3, -0.25) is 0 Å². The lowest BCUT2D eigenvalue weighted by atomic mass is 9.72. The Morgan fingerprint density at radius 1 is 1.12 bits per heavy atom. The fourth-order valence-electron chi connectivity index (χ4n) is 3.92. The Hall–Kier alpha value is -2.04. The molecule has 168 valence electrons.